The molecule has 7 heavy (non-hydrogen) atoms. The Kier molecular flexibility index (Phi) is 153. The molecule has 36 valence electrons. The van der Waals surface area contributed by atoms with E-state index in [9.17, 15) is 0 Å². The van der Waals surface area contributed by atoms with Crippen molar-refractivity contribution in [1.82, 2.24) is 0 Å². The molecule has 0 heterocycles. The zero-order chi connectivity index (χ0) is 2.71. The summed E-state index contributed by atoms with van der Waals surface area (Å²) in [4.78, 5) is 0. The Morgan fingerprint density at radius 2 is 0.857 bits per heavy atom. The second-order valence-electron chi connectivity index (χ2n) is 0.707. The number of hydrogen-bond donors (Lipinski definition) is 0. The predicted molar refractivity (Wildman–Crippen MR) is 16.0 cm³/mol. The van der Waals surface area contributed by atoms with Gasteiger partial charge in [0, 0.05) is 0 Å². The molecular formula is C3H8I2Na2. The van der Waals surface area contributed by atoms with Crippen LogP contribution in [-0.2, 0) is 0 Å². The maximum atomic E-state index is 2.12. The second-order valence-corrected chi connectivity index (χ2v) is 0.707. The molecular weight excluding hydrogens is 336 g/mol. The van der Waals surface area contributed by atoms with Crippen molar-refractivity contribution in [3.8, 4) is 0 Å². The van der Waals surface area contributed by atoms with E-state index in [2.05, 4.69) is 13.8 Å². The number of hydrogen-bond acceptors (Lipinski definition) is 0. The van der Waals surface area contributed by atoms with Crippen LogP contribution in [-0.4, -0.2) is 0 Å². The van der Waals surface area contributed by atoms with E-state index in [4.69, 9.17) is 0 Å². The second kappa shape index (κ2) is 34.0. The van der Waals surface area contributed by atoms with E-state index in [0.29, 0.717) is 0 Å². The number of halogens is 2. The van der Waals surface area contributed by atoms with Gasteiger partial charge in [-0.15, -0.1) is 0 Å². The molecule has 0 spiro atoms. The van der Waals surface area contributed by atoms with Crippen LogP contribution in [0.15, 0.2) is 0 Å². The van der Waals surface area contributed by atoms with Gasteiger partial charge < -0.3 is 48.0 Å². The van der Waals surface area contributed by atoms with Crippen LogP contribution < -0.4 is 107 Å². The van der Waals surface area contributed by atoms with Gasteiger partial charge in [-0.05, 0) is 0 Å². The Hall–Kier alpha value is 3.46. The summed E-state index contributed by atoms with van der Waals surface area (Å²) in [5.41, 5.74) is 0. The molecule has 0 aliphatic heterocycles. The quantitative estimate of drug-likeness (QED) is 0.303. The first kappa shape index (κ1) is 31.4. The van der Waals surface area contributed by atoms with Crippen LogP contribution in [0, 0.1) is 0 Å². The normalized spacial score (nSPS) is 2.57. The molecule has 0 aromatic heterocycles. The van der Waals surface area contributed by atoms with E-state index in [1.165, 1.54) is 6.42 Å². The summed E-state index contributed by atoms with van der Waals surface area (Å²) in [5, 5.41) is 0. The Bertz CT molecular complexity index is 10.9. The summed E-state index contributed by atoms with van der Waals surface area (Å²) in [5.74, 6) is 0. The van der Waals surface area contributed by atoms with Gasteiger partial charge in [-0.3, -0.25) is 0 Å². The van der Waals surface area contributed by atoms with Crippen molar-refractivity contribution >= 4 is 0 Å². The monoisotopic (exact) mass is 344 g/mol. The van der Waals surface area contributed by atoms with Gasteiger partial charge in [-0.1, -0.05) is 20.3 Å². The molecule has 0 bridgehead atoms. The molecule has 0 nitrogen and oxygen atoms in total. The van der Waals surface area contributed by atoms with E-state index in [-0.39, 0.29) is 107 Å². The minimum Gasteiger partial charge on any atom is -1.00 e. The maximum Gasteiger partial charge on any atom is 1.00 e. The summed E-state index contributed by atoms with van der Waals surface area (Å²) in [7, 11) is 0. The van der Waals surface area contributed by atoms with Gasteiger partial charge >= 0.3 is 59.1 Å². The topological polar surface area (TPSA) is 0 Å². The van der Waals surface area contributed by atoms with Crippen molar-refractivity contribution < 1.29 is 107 Å². The molecule has 4 heteroatoms. The van der Waals surface area contributed by atoms with Crippen molar-refractivity contribution in [3.63, 3.8) is 0 Å². The van der Waals surface area contributed by atoms with Crippen LogP contribution in [0.5, 0.6) is 0 Å². The van der Waals surface area contributed by atoms with Gasteiger partial charge in [-0.25, -0.2) is 0 Å². The van der Waals surface area contributed by atoms with E-state index < -0.39 is 0 Å². The summed E-state index contributed by atoms with van der Waals surface area (Å²) < 4.78 is 0. The van der Waals surface area contributed by atoms with E-state index >= 15 is 0 Å². The van der Waals surface area contributed by atoms with Crippen molar-refractivity contribution in [2.45, 2.75) is 20.3 Å². The van der Waals surface area contributed by atoms with Gasteiger partial charge in [0.1, 0.15) is 0 Å². The minimum absolute atomic E-state index is 0. The molecule has 0 N–H and O–H groups in total. The Morgan fingerprint density at radius 1 is 0.857 bits per heavy atom. The first-order chi connectivity index (χ1) is 1.41. The SMILES string of the molecule is CCC.[I-].[I-].[Na+].[Na+]. The Balaban J connectivity index is -0.00000000333. The molecule has 0 radical (unpaired) electrons. The molecule has 0 unspecified atom stereocenters. The van der Waals surface area contributed by atoms with Crippen LogP contribution in [0.25, 0.3) is 0 Å². The van der Waals surface area contributed by atoms with Gasteiger partial charge in [0.2, 0.25) is 0 Å². The Labute approximate surface area is 125 Å². The van der Waals surface area contributed by atoms with Gasteiger partial charge in [0.05, 0.1) is 0 Å². The molecule has 0 aliphatic rings. The van der Waals surface area contributed by atoms with E-state index in [0.717, 1.165) is 0 Å². The third-order valence-electron chi connectivity index (χ3n) is 0. The molecule has 0 aliphatic carbocycles. The van der Waals surface area contributed by atoms with E-state index in [1.54, 1.807) is 0 Å². The average Bonchev–Trinajstić information content (AvgIpc) is 0.918. The summed E-state index contributed by atoms with van der Waals surface area (Å²) in [6.07, 6.45) is 1.25. The largest absolute Gasteiger partial charge is 1.00 e. The predicted octanol–water partition coefficient (Wildman–Crippen LogP) is -10.6. The van der Waals surface area contributed by atoms with E-state index in [1.807, 2.05) is 0 Å². The third-order valence-corrected chi connectivity index (χ3v) is 0. The average molecular weight is 344 g/mol. The Morgan fingerprint density at radius 3 is 0.857 bits per heavy atom. The number of rotatable bonds is 0. The zero-order valence-corrected chi connectivity index (χ0v) is 13.8. The third kappa shape index (κ3) is 44.0. The fraction of sp³-hybridized carbons (Fsp3) is 1.00. The summed E-state index contributed by atoms with van der Waals surface area (Å²) in [6.45, 7) is 4.25. The first-order valence-corrected chi connectivity index (χ1v) is 1.41. The van der Waals surface area contributed by atoms with Crippen molar-refractivity contribution in [1.29, 1.82) is 0 Å². The molecule has 0 atom stereocenters. The fourth-order valence-corrected chi connectivity index (χ4v) is 0. The summed E-state index contributed by atoms with van der Waals surface area (Å²) >= 11 is 0. The van der Waals surface area contributed by atoms with Gasteiger partial charge in [0.25, 0.3) is 0 Å². The van der Waals surface area contributed by atoms with Crippen LogP contribution in [0.4, 0.5) is 0 Å². The molecule has 0 rings (SSSR count). The van der Waals surface area contributed by atoms with Crippen LogP contribution in [0.2, 0.25) is 0 Å². The fourth-order valence-electron chi connectivity index (χ4n) is 0. The van der Waals surface area contributed by atoms with Gasteiger partial charge in [0.15, 0.2) is 0 Å². The standard InChI is InChI=1S/C3H8.2HI.2Na/c1-3-2;;;;/h3H2,1-2H3;2*1H;;/q;;;2*+1/p-2. The molecule has 0 saturated heterocycles. The molecule has 0 fully saturated rings. The van der Waals surface area contributed by atoms with Crippen molar-refractivity contribution in [3.05, 3.63) is 0 Å². The smallest absolute Gasteiger partial charge is 1.00 e. The first-order valence-electron chi connectivity index (χ1n) is 1.41. The van der Waals surface area contributed by atoms with Crippen molar-refractivity contribution in [2.75, 3.05) is 0 Å². The van der Waals surface area contributed by atoms with Crippen LogP contribution >= 0.6 is 0 Å². The molecule has 0 aromatic carbocycles. The zero-order valence-electron chi connectivity index (χ0n) is 5.46. The molecule has 0 amide bonds. The molecule has 0 saturated carbocycles. The van der Waals surface area contributed by atoms with Gasteiger partial charge in [-0.2, -0.15) is 0 Å². The minimum atomic E-state index is 0. The van der Waals surface area contributed by atoms with Crippen LogP contribution in [0.3, 0.4) is 0 Å². The maximum absolute atomic E-state index is 2.12. The molecule has 0 aromatic rings. The summed E-state index contributed by atoms with van der Waals surface area (Å²) in [6, 6.07) is 0. The van der Waals surface area contributed by atoms with Crippen molar-refractivity contribution in [2.24, 2.45) is 0 Å². The van der Waals surface area contributed by atoms with Crippen LogP contribution in [0.1, 0.15) is 20.3 Å².